The molecule has 7 nitrogen and oxygen atoms in total. The highest BCUT2D eigenvalue weighted by atomic mass is 16.2. The summed E-state index contributed by atoms with van der Waals surface area (Å²) in [5, 5.41) is 8.81. The van der Waals surface area contributed by atoms with Crippen molar-refractivity contribution in [1.82, 2.24) is 23.5 Å². The second-order valence-corrected chi connectivity index (χ2v) is 10.1. The fourth-order valence-corrected chi connectivity index (χ4v) is 5.37. The van der Waals surface area contributed by atoms with Crippen LogP contribution in [0.1, 0.15) is 19.4 Å². The molecule has 37 heavy (non-hydrogen) atoms. The van der Waals surface area contributed by atoms with Gasteiger partial charge in [0.15, 0.2) is 5.65 Å². The molecule has 0 amide bonds. The number of para-hydroxylation sites is 1. The van der Waals surface area contributed by atoms with Crippen molar-refractivity contribution in [3.05, 3.63) is 99.2 Å². The molecule has 0 aliphatic rings. The van der Waals surface area contributed by atoms with Crippen molar-refractivity contribution < 1.29 is 0 Å². The maximum Gasteiger partial charge on any atom is 0.332 e. The van der Waals surface area contributed by atoms with E-state index < -0.39 is 0 Å². The van der Waals surface area contributed by atoms with Crippen LogP contribution in [0.15, 0.2) is 82.4 Å². The first-order valence-electron chi connectivity index (χ1n) is 12.6. The Bertz CT molecular complexity index is 1930. The molecule has 0 radical (unpaired) electrons. The Morgan fingerprint density at radius 2 is 1.54 bits per heavy atom. The van der Waals surface area contributed by atoms with Gasteiger partial charge in [-0.3, -0.25) is 18.6 Å². The zero-order valence-corrected chi connectivity index (χ0v) is 21.5. The highest BCUT2D eigenvalue weighted by Crippen LogP contribution is 2.32. The first-order valence-corrected chi connectivity index (χ1v) is 12.6. The van der Waals surface area contributed by atoms with Gasteiger partial charge >= 0.3 is 5.69 Å². The van der Waals surface area contributed by atoms with Crippen LogP contribution in [0.2, 0.25) is 0 Å². The molecule has 7 heteroatoms. The van der Waals surface area contributed by atoms with E-state index in [1.54, 1.807) is 11.6 Å². The van der Waals surface area contributed by atoms with Crippen molar-refractivity contribution in [3.8, 4) is 11.4 Å². The van der Waals surface area contributed by atoms with Crippen LogP contribution in [0.5, 0.6) is 0 Å². The van der Waals surface area contributed by atoms with Crippen LogP contribution >= 0.6 is 0 Å². The standard InChI is InChI=1S/C30H29N5O2/c1-19(2)17-34-28-26(29(36)33(4)30(34)37)27(25-16-21-11-6-8-15-24(21)32(25)3)35(31-28)18-22-13-9-12-20-10-5-7-14-23(20)22/h5-16,19H,17-18H2,1-4H3. The monoisotopic (exact) mass is 491 g/mol. The molecule has 0 saturated heterocycles. The lowest BCUT2D eigenvalue weighted by atomic mass is 10.0. The van der Waals surface area contributed by atoms with Gasteiger partial charge in [0.2, 0.25) is 0 Å². The van der Waals surface area contributed by atoms with Crippen molar-refractivity contribution in [2.75, 3.05) is 0 Å². The maximum absolute atomic E-state index is 13.7. The van der Waals surface area contributed by atoms with E-state index in [1.165, 1.54) is 4.57 Å². The summed E-state index contributed by atoms with van der Waals surface area (Å²) >= 11 is 0. The highest BCUT2D eigenvalue weighted by molar-refractivity contribution is 5.95. The molecule has 3 heterocycles. The summed E-state index contributed by atoms with van der Waals surface area (Å²) in [6.45, 7) is 5.05. The molecule has 0 N–H and O–H groups in total. The molecule has 186 valence electrons. The molecule has 6 aromatic rings. The second-order valence-electron chi connectivity index (χ2n) is 10.1. The number of rotatable bonds is 5. The molecule has 6 rings (SSSR count). The number of fused-ring (bicyclic) bond motifs is 3. The minimum atomic E-state index is -0.343. The van der Waals surface area contributed by atoms with E-state index in [0.717, 1.165) is 38.6 Å². The molecular weight excluding hydrogens is 462 g/mol. The zero-order valence-electron chi connectivity index (χ0n) is 21.5. The summed E-state index contributed by atoms with van der Waals surface area (Å²) in [6, 6.07) is 24.8. The number of hydrogen-bond donors (Lipinski definition) is 0. The van der Waals surface area contributed by atoms with Crippen LogP contribution in [0, 0.1) is 5.92 Å². The summed E-state index contributed by atoms with van der Waals surface area (Å²) in [5.74, 6) is 0.211. The van der Waals surface area contributed by atoms with Gasteiger partial charge in [0.25, 0.3) is 5.56 Å². The lowest BCUT2D eigenvalue weighted by Gasteiger charge is -2.12. The SMILES string of the molecule is CC(C)Cn1c(=O)n(C)c(=O)c2c(-c3cc4ccccc4n3C)n(Cc3cccc4ccccc34)nc21. The summed E-state index contributed by atoms with van der Waals surface area (Å²) in [4.78, 5) is 26.9. The topological polar surface area (TPSA) is 66.8 Å². The second kappa shape index (κ2) is 8.62. The fourth-order valence-electron chi connectivity index (χ4n) is 5.37. The van der Waals surface area contributed by atoms with Crippen molar-refractivity contribution in [2.24, 2.45) is 20.0 Å². The summed E-state index contributed by atoms with van der Waals surface area (Å²) < 4.78 is 6.86. The molecule has 3 aromatic heterocycles. The minimum absolute atomic E-state index is 0.211. The largest absolute Gasteiger partial charge is 0.342 e. The lowest BCUT2D eigenvalue weighted by Crippen LogP contribution is -2.38. The van der Waals surface area contributed by atoms with E-state index in [2.05, 4.69) is 60.9 Å². The average Bonchev–Trinajstić information content (AvgIpc) is 3.43. The number of hydrogen-bond acceptors (Lipinski definition) is 3. The van der Waals surface area contributed by atoms with E-state index in [0.29, 0.717) is 24.1 Å². The Kier molecular flexibility index (Phi) is 5.37. The third kappa shape index (κ3) is 3.61. The van der Waals surface area contributed by atoms with Crippen LogP contribution in [-0.2, 0) is 27.2 Å². The van der Waals surface area contributed by atoms with Crippen LogP contribution < -0.4 is 11.2 Å². The Morgan fingerprint density at radius 1 is 0.838 bits per heavy atom. The van der Waals surface area contributed by atoms with Gasteiger partial charge in [-0.1, -0.05) is 74.5 Å². The quantitative estimate of drug-likeness (QED) is 0.344. The Morgan fingerprint density at radius 3 is 2.30 bits per heavy atom. The van der Waals surface area contributed by atoms with Gasteiger partial charge in [-0.05, 0) is 34.4 Å². The summed E-state index contributed by atoms with van der Waals surface area (Å²) in [6.07, 6.45) is 0. The predicted octanol–water partition coefficient (Wildman–Crippen LogP) is 4.91. The van der Waals surface area contributed by atoms with Crippen molar-refractivity contribution in [1.29, 1.82) is 0 Å². The molecule has 3 aromatic carbocycles. The normalized spacial score (nSPS) is 11.9. The van der Waals surface area contributed by atoms with Gasteiger partial charge in [0, 0.05) is 31.5 Å². The van der Waals surface area contributed by atoms with Gasteiger partial charge in [-0.2, -0.15) is 5.10 Å². The highest BCUT2D eigenvalue weighted by Gasteiger charge is 2.25. The molecule has 0 spiro atoms. The Balaban J connectivity index is 1.72. The van der Waals surface area contributed by atoms with Crippen LogP contribution in [0.25, 0.3) is 44.1 Å². The maximum atomic E-state index is 13.7. The van der Waals surface area contributed by atoms with Crippen LogP contribution in [0.4, 0.5) is 0 Å². The summed E-state index contributed by atoms with van der Waals surface area (Å²) in [7, 11) is 3.56. The van der Waals surface area contributed by atoms with Crippen molar-refractivity contribution in [2.45, 2.75) is 26.9 Å². The average molecular weight is 492 g/mol. The third-order valence-electron chi connectivity index (χ3n) is 7.17. The predicted molar refractivity (Wildman–Crippen MR) is 149 cm³/mol. The Hall–Kier alpha value is -4.39. The molecular formula is C30H29N5O2. The van der Waals surface area contributed by atoms with E-state index in [4.69, 9.17) is 5.10 Å². The van der Waals surface area contributed by atoms with Crippen molar-refractivity contribution >= 4 is 32.7 Å². The van der Waals surface area contributed by atoms with Crippen LogP contribution in [0.3, 0.4) is 0 Å². The molecule has 0 saturated carbocycles. The van der Waals surface area contributed by atoms with Gasteiger partial charge in [-0.15, -0.1) is 0 Å². The smallest absolute Gasteiger partial charge is 0.332 e. The minimum Gasteiger partial charge on any atom is -0.342 e. The zero-order chi connectivity index (χ0) is 25.8. The first-order chi connectivity index (χ1) is 17.8. The lowest BCUT2D eigenvalue weighted by molar-refractivity contribution is 0.498. The number of aryl methyl sites for hydroxylation is 1. The van der Waals surface area contributed by atoms with Crippen molar-refractivity contribution in [3.63, 3.8) is 0 Å². The first kappa shape index (κ1) is 23.0. The summed E-state index contributed by atoms with van der Waals surface area (Å²) in [5.41, 5.74) is 3.53. The molecule has 0 atom stereocenters. The Labute approximate surface area is 213 Å². The van der Waals surface area contributed by atoms with Crippen LogP contribution in [-0.4, -0.2) is 23.5 Å². The van der Waals surface area contributed by atoms with E-state index in [1.807, 2.05) is 42.1 Å². The van der Waals surface area contributed by atoms with Gasteiger partial charge in [-0.25, -0.2) is 4.79 Å². The molecule has 0 unspecified atom stereocenters. The molecule has 0 aliphatic heterocycles. The van der Waals surface area contributed by atoms with Gasteiger partial charge in [0.1, 0.15) is 11.1 Å². The van der Waals surface area contributed by atoms with Gasteiger partial charge in [0.05, 0.1) is 12.2 Å². The number of benzene rings is 3. The molecule has 0 bridgehead atoms. The van der Waals surface area contributed by atoms with E-state index in [9.17, 15) is 9.59 Å². The number of nitrogens with zero attached hydrogens (tertiary/aromatic N) is 5. The number of aromatic nitrogens is 5. The van der Waals surface area contributed by atoms with E-state index in [-0.39, 0.29) is 17.2 Å². The molecule has 0 fully saturated rings. The fraction of sp³-hybridized carbons (Fsp3) is 0.233. The van der Waals surface area contributed by atoms with Gasteiger partial charge < -0.3 is 4.57 Å². The molecule has 0 aliphatic carbocycles. The van der Waals surface area contributed by atoms with E-state index >= 15 is 0 Å². The third-order valence-corrected chi connectivity index (χ3v) is 7.17.